The molecule has 1 nitrogen and oxygen atoms in total. The number of thioether (sulfide) groups is 1. The average Bonchev–Trinajstić information content (AvgIpc) is 2.45. The molecule has 0 aliphatic carbocycles. The van der Waals surface area contributed by atoms with Gasteiger partial charge in [0.15, 0.2) is 0 Å². The fourth-order valence-corrected chi connectivity index (χ4v) is 3.42. The zero-order valence-corrected chi connectivity index (χ0v) is 9.49. The van der Waals surface area contributed by atoms with Crippen LogP contribution >= 0.6 is 11.8 Å². The maximum Gasteiger partial charge on any atom is 0.0971 e. The van der Waals surface area contributed by atoms with Gasteiger partial charge in [-0.05, 0) is 44.6 Å². The molecule has 74 valence electrons. The number of rotatable bonds is 1. The molecule has 2 heteroatoms. The molecule has 3 unspecified atom stereocenters. The van der Waals surface area contributed by atoms with Crippen LogP contribution in [0.4, 0.5) is 0 Å². The van der Waals surface area contributed by atoms with Gasteiger partial charge in [-0.25, -0.2) is 0 Å². The van der Waals surface area contributed by atoms with Crippen molar-refractivity contribution in [2.75, 3.05) is 0 Å². The lowest BCUT2D eigenvalue weighted by atomic mass is 9.85. The largest absolute Gasteiger partial charge is 0.364 e. The van der Waals surface area contributed by atoms with Crippen LogP contribution in [0.3, 0.4) is 0 Å². The minimum atomic E-state index is 0.00762. The Bertz CT molecular complexity index is 238. The second-order valence-corrected chi connectivity index (χ2v) is 5.67. The summed E-state index contributed by atoms with van der Waals surface area (Å²) in [5.74, 6) is 0. The van der Waals surface area contributed by atoms with Gasteiger partial charge in [0.1, 0.15) is 0 Å². The molecule has 0 bridgehead atoms. The first kappa shape index (κ1) is 9.60. The molecular formula is C11H18OS. The lowest BCUT2D eigenvalue weighted by Crippen LogP contribution is -2.49. The van der Waals surface area contributed by atoms with E-state index in [4.69, 9.17) is 4.74 Å². The van der Waals surface area contributed by atoms with Gasteiger partial charge in [-0.2, -0.15) is 0 Å². The van der Waals surface area contributed by atoms with Crippen LogP contribution in [0, 0.1) is 0 Å². The van der Waals surface area contributed by atoms with Crippen LogP contribution in [0.5, 0.6) is 0 Å². The van der Waals surface area contributed by atoms with Crippen molar-refractivity contribution in [1.82, 2.24) is 0 Å². The van der Waals surface area contributed by atoms with E-state index in [2.05, 4.69) is 32.3 Å². The summed E-state index contributed by atoms with van der Waals surface area (Å²) in [5.41, 5.74) is 0.119. The van der Waals surface area contributed by atoms with Gasteiger partial charge in [-0.15, -0.1) is 11.8 Å². The lowest BCUT2D eigenvalue weighted by Gasteiger charge is -2.45. The summed E-state index contributed by atoms with van der Waals surface area (Å²) in [6, 6.07) is 0. The number of hydrogen-bond donors (Lipinski definition) is 0. The van der Waals surface area contributed by atoms with Gasteiger partial charge in [0.25, 0.3) is 0 Å². The quantitative estimate of drug-likeness (QED) is 0.639. The van der Waals surface area contributed by atoms with E-state index in [0.717, 1.165) is 6.42 Å². The maximum atomic E-state index is 6.23. The van der Waals surface area contributed by atoms with E-state index in [1.807, 2.05) is 11.8 Å². The van der Waals surface area contributed by atoms with E-state index < -0.39 is 0 Å². The lowest BCUT2D eigenvalue weighted by molar-refractivity contribution is -0.146. The summed E-state index contributed by atoms with van der Waals surface area (Å²) in [4.78, 5) is 0. The van der Waals surface area contributed by atoms with Crippen molar-refractivity contribution in [3.8, 4) is 0 Å². The third-order valence-corrected chi connectivity index (χ3v) is 4.76. The van der Waals surface area contributed by atoms with Crippen LogP contribution in [0.15, 0.2) is 11.5 Å². The first-order valence-electron chi connectivity index (χ1n) is 5.11. The highest BCUT2D eigenvalue weighted by Crippen LogP contribution is 2.47. The molecule has 2 aliphatic heterocycles. The summed E-state index contributed by atoms with van der Waals surface area (Å²) in [6.07, 6.45) is 5.85. The van der Waals surface area contributed by atoms with Gasteiger partial charge >= 0.3 is 0 Å². The topological polar surface area (TPSA) is 9.23 Å². The molecule has 1 fully saturated rings. The molecule has 0 N–H and O–H groups in total. The number of fused-ring (bicyclic) bond motifs is 1. The van der Waals surface area contributed by atoms with Crippen LogP contribution in [-0.4, -0.2) is 16.5 Å². The van der Waals surface area contributed by atoms with Crippen molar-refractivity contribution in [1.29, 1.82) is 0 Å². The Morgan fingerprint density at radius 1 is 1.54 bits per heavy atom. The molecule has 0 radical (unpaired) electrons. The van der Waals surface area contributed by atoms with Crippen molar-refractivity contribution in [3.63, 3.8) is 0 Å². The Balaban J connectivity index is 2.17. The van der Waals surface area contributed by atoms with Gasteiger partial charge in [0, 0.05) is 5.25 Å². The molecule has 0 amide bonds. The Kier molecular flexibility index (Phi) is 2.23. The zero-order valence-electron chi connectivity index (χ0n) is 8.67. The van der Waals surface area contributed by atoms with Gasteiger partial charge in [-0.3, -0.25) is 0 Å². The molecule has 2 aliphatic rings. The summed E-state index contributed by atoms with van der Waals surface area (Å²) >= 11 is 1.93. The van der Waals surface area contributed by atoms with Crippen molar-refractivity contribution in [3.05, 3.63) is 11.5 Å². The van der Waals surface area contributed by atoms with Gasteiger partial charge in [0.2, 0.25) is 0 Å². The first-order valence-corrected chi connectivity index (χ1v) is 6.06. The normalized spacial score (nSPS) is 49.3. The summed E-state index contributed by atoms with van der Waals surface area (Å²) < 4.78 is 6.23. The summed E-state index contributed by atoms with van der Waals surface area (Å²) in [7, 11) is 0. The Morgan fingerprint density at radius 2 is 2.31 bits per heavy atom. The van der Waals surface area contributed by atoms with E-state index in [1.165, 1.54) is 12.8 Å². The molecule has 1 saturated heterocycles. The van der Waals surface area contributed by atoms with Crippen molar-refractivity contribution in [2.24, 2.45) is 0 Å². The van der Waals surface area contributed by atoms with Gasteiger partial charge in [-0.1, -0.05) is 6.92 Å². The van der Waals surface area contributed by atoms with Crippen LogP contribution in [0.2, 0.25) is 0 Å². The highest BCUT2D eigenvalue weighted by Gasteiger charge is 2.46. The van der Waals surface area contributed by atoms with E-state index in [1.54, 1.807) is 0 Å². The highest BCUT2D eigenvalue weighted by molar-refractivity contribution is 8.03. The Hall–Kier alpha value is 0.0500. The summed E-state index contributed by atoms with van der Waals surface area (Å²) in [5, 5.41) is 2.86. The zero-order chi connectivity index (χ0) is 9.53. The smallest absolute Gasteiger partial charge is 0.0971 e. The van der Waals surface area contributed by atoms with Crippen LogP contribution in [0.25, 0.3) is 0 Å². The summed E-state index contributed by atoms with van der Waals surface area (Å²) in [6.45, 7) is 6.68. The third kappa shape index (κ3) is 1.55. The van der Waals surface area contributed by atoms with E-state index in [0.29, 0.717) is 5.25 Å². The fraction of sp³-hybridized carbons (Fsp3) is 0.818. The number of ether oxygens (including phenoxy) is 1. The molecular weight excluding hydrogens is 180 g/mol. The standard InChI is InChI=1S/C11H18OS/c1-4-10(2)6-5-9-11(3,12-10)7-8-13-9/h7-9H,4-6H2,1-3H3. The molecule has 0 aromatic rings. The Morgan fingerprint density at radius 3 is 3.00 bits per heavy atom. The fourth-order valence-electron chi connectivity index (χ4n) is 2.23. The predicted octanol–water partition coefficient (Wildman–Crippen LogP) is 3.35. The molecule has 0 spiro atoms. The molecule has 2 rings (SSSR count). The maximum absolute atomic E-state index is 6.23. The SMILES string of the molecule is CCC1(C)CCC2SC=CC2(C)O1. The van der Waals surface area contributed by atoms with Crippen molar-refractivity contribution < 1.29 is 4.74 Å². The molecule has 2 heterocycles. The highest BCUT2D eigenvalue weighted by atomic mass is 32.2. The van der Waals surface area contributed by atoms with E-state index >= 15 is 0 Å². The second-order valence-electron chi connectivity index (χ2n) is 4.56. The molecule has 13 heavy (non-hydrogen) atoms. The molecule has 0 aromatic carbocycles. The molecule has 0 saturated carbocycles. The van der Waals surface area contributed by atoms with E-state index in [-0.39, 0.29) is 11.2 Å². The second kappa shape index (κ2) is 3.03. The van der Waals surface area contributed by atoms with Gasteiger partial charge < -0.3 is 4.74 Å². The Labute approximate surface area is 84.9 Å². The van der Waals surface area contributed by atoms with Crippen molar-refractivity contribution >= 4 is 11.8 Å². The molecule has 3 atom stereocenters. The van der Waals surface area contributed by atoms with Gasteiger partial charge in [0.05, 0.1) is 11.2 Å². The van der Waals surface area contributed by atoms with E-state index in [9.17, 15) is 0 Å². The van der Waals surface area contributed by atoms with Crippen LogP contribution in [0.1, 0.15) is 40.0 Å². The minimum Gasteiger partial charge on any atom is -0.364 e. The van der Waals surface area contributed by atoms with Crippen LogP contribution in [-0.2, 0) is 4.74 Å². The number of hydrogen-bond acceptors (Lipinski definition) is 2. The average molecular weight is 198 g/mol. The monoisotopic (exact) mass is 198 g/mol. The van der Waals surface area contributed by atoms with Crippen LogP contribution < -0.4 is 0 Å². The third-order valence-electron chi connectivity index (χ3n) is 3.43. The minimum absolute atomic E-state index is 0.00762. The predicted molar refractivity (Wildman–Crippen MR) is 57.9 cm³/mol. The van der Waals surface area contributed by atoms with Crippen molar-refractivity contribution in [2.45, 2.75) is 56.5 Å². The molecule has 0 aromatic heterocycles. The first-order chi connectivity index (χ1) is 6.08.